The van der Waals surface area contributed by atoms with Crippen molar-refractivity contribution < 1.29 is 5.11 Å². The van der Waals surface area contributed by atoms with Crippen LogP contribution in [0, 0.1) is 11.8 Å². The Morgan fingerprint density at radius 3 is 2.60 bits per heavy atom. The number of likely N-dealkylation sites (N-methyl/N-ethyl adjacent to an activating group) is 1. The smallest absolute Gasteiger partial charge is 0.0611 e. The molecule has 0 aromatic heterocycles. The van der Waals surface area contributed by atoms with E-state index in [4.69, 9.17) is 0 Å². The first-order valence-corrected chi connectivity index (χ1v) is 8.68. The summed E-state index contributed by atoms with van der Waals surface area (Å²) >= 11 is 0. The lowest BCUT2D eigenvalue weighted by atomic mass is 9.74. The summed E-state index contributed by atoms with van der Waals surface area (Å²) in [5, 5.41) is 13.1. The molecule has 0 spiro atoms. The molecule has 4 unspecified atom stereocenters. The van der Waals surface area contributed by atoms with Gasteiger partial charge in [0.2, 0.25) is 0 Å². The van der Waals surface area contributed by atoms with Crippen molar-refractivity contribution in [1.29, 1.82) is 0 Å². The molecule has 1 heterocycles. The van der Waals surface area contributed by atoms with E-state index in [2.05, 4.69) is 31.0 Å². The van der Waals surface area contributed by atoms with Gasteiger partial charge in [0.05, 0.1) is 6.61 Å². The highest BCUT2D eigenvalue weighted by atomic mass is 16.3. The van der Waals surface area contributed by atoms with Crippen LogP contribution in [0.25, 0.3) is 0 Å². The number of likely N-dealkylation sites (tertiary alicyclic amines) is 1. The Hall–Kier alpha value is -0.120. The molecule has 1 saturated heterocycles. The van der Waals surface area contributed by atoms with Gasteiger partial charge >= 0.3 is 0 Å². The van der Waals surface area contributed by atoms with Crippen LogP contribution in [-0.4, -0.2) is 47.8 Å². The molecule has 0 aromatic carbocycles. The van der Waals surface area contributed by atoms with Crippen molar-refractivity contribution in [3.63, 3.8) is 0 Å². The van der Waals surface area contributed by atoms with Crippen molar-refractivity contribution in [3.05, 3.63) is 0 Å². The van der Waals surface area contributed by atoms with Crippen LogP contribution in [-0.2, 0) is 0 Å². The van der Waals surface area contributed by atoms with Crippen LogP contribution in [0.3, 0.4) is 0 Å². The molecule has 0 aromatic rings. The Kier molecular flexibility index (Phi) is 5.88. The van der Waals surface area contributed by atoms with Crippen molar-refractivity contribution in [3.8, 4) is 0 Å². The minimum atomic E-state index is -0.127. The monoisotopic (exact) mass is 282 g/mol. The summed E-state index contributed by atoms with van der Waals surface area (Å²) in [5.41, 5.74) is -0.127. The van der Waals surface area contributed by atoms with Gasteiger partial charge in [-0.1, -0.05) is 26.2 Å². The zero-order chi connectivity index (χ0) is 14.6. The SMILES string of the molecule is CCNC(C)(CO)CC(C)N1CCC2CCCCC2C1. The van der Waals surface area contributed by atoms with Crippen molar-refractivity contribution in [1.82, 2.24) is 10.2 Å². The summed E-state index contributed by atoms with van der Waals surface area (Å²) in [6.07, 6.45) is 8.24. The third-order valence-electron chi connectivity index (χ3n) is 5.64. The van der Waals surface area contributed by atoms with Crippen molar-refractivity contribution in [2.45, 2.75) is 70.9 Å². The van der Waals surface area contributed by atoms with Crippen LogP contribution in [0.4, 0.5) is 0 Å². The molecule has 2 rings (SSSR count). The third-order valence-corrected chi connectivity index (χ3v) is 5.64. The average molecular weight is 282 g/mol. The topological polar surface area (TPSA) is 35.5 Å². The molecule has 0 radical (unpaired) electrons. The molecule has 1 aliphatic heterocycles. The summed E-state index contributed by atoms with van der Waals surface area (Å²) in [6, 6.07) is 0.564. The predicted octanol–water partition coefficient (Wildman–Crippen LogP) is 2.64. The van der Waals surface area contributed by atoms with Crippen LogP contribution < -0.4 is 5.32 Å². The fourth-order valence-corrected chi connectivity index (χ4v) is 4.43. The molecular formula is C17H34N2O. The first kappa shape index (κ1) is 16.3. The molecule has 20 heavy (non-hydrogen) atoms. The fraction of sp³-hybridized carbons (Fsp3) is 1.00. The zero-order valence-corrected chi connectivity index (χ0v) is 13.7. The number of piperidine rings is 1. The summed E-state index contributed by atoms with van der Waals surface area (Å²) in [6.45, 7) is 10.3. The third kappa shape index (κ3) is 3.96. The number of aliphatic hydroxyl groups is 1. The minimum absolute atomic E-state index is 0.127. The number of nitrogens with one attached hydrogen (secondary N) is 1. The molecule has 1 saturated carbocycles. The molecule has 0 bridgehead atoms. The molecule has 0 amide bonds. The van der Waals surface area contributed by atoms with Gasteiger partial charge < -0.3 is 15.3 Å². The van der Waals surface area contributed by atoms with Gasteiger partial charge in [0.25, 0.3) is 0 Å². The summed E-state index contributed by atoms with van der Waals surface area (Å²) < 4.78 is 0. The maximum Gasteiger partial charge on any atom is 0.0611 e. The molecule has 2 aliphatic rings. The Morgan fingerprint density at radius 1 is 1.25 bits per heavy atom. The fourth-order valence-electron chi connectivity index (χ4n) is 4.43. The number of fused-ring (bicyclic) bond motifs is 1. The van der Waals surface area contributed by atoms with Crippen LogP contribution in [0.1, 0.15) is 59.3 Å². The summed E-state index contributed by atoms with van der Waals surface area (Å²) in [7, 11) is 0. The number of rotatable bonds is 6. The first-order chi connectivity index (χ1) is 9.58. The van der Waals surface area contributed by atoms with Gasteiger partial charge in [-0.05, 0) is 58.0 Å². The second-order valence-electron chi connectivity index (χ2n) is 7.39. The van der Waals surface area contributed by atoms with Gasteiger partial charge in [-0.25, -0.2) is 0 Å². The Labute approximate surface area is 125 Å². The molecule has 2 fully saturated rings. The molecule has 2 N–H and O–H groups in total. The first-order valence-electron chi connectivity index (χ1n) is 8.68. The molecule has 4 atom stereocenters. The van der Waals surface area contributed by atoms with Gasteiger partial charge in [-0.15, -0.1) is 0 Å². The second kappa shape index (κ2) is 7.24. The predicted molar refractivity (Wildman–Crippen MR) is 84.9 cm³/mol. The Bertz CT molecular complexity index is 297. The molecule has 1 aliphatic carbocycles. The standard InChI is InChI=1S/C17H34N2O/c1-4-18-17(3,13-20)11-14(2)19-10-9-15-7-5-6-8-16(15)12-19/h14-16,18,20H,4-13H2,1-3H3. The molecule has 118 valence electrons. The van der Waals surface area contributed by atoms with E-state index in [9.17, 15) is 5.11 Å². The highest BCUT2D eigenvalue weighted by molar-refractivity contribution is 4.90. The maximum atomic E-state index is 9.67. The highest BCUT2D eigenvalue weighted by Crippen LogP contribution is 2.37. The normalized spacial score (nSPS) is 32.4. The van der Waals surface area contributed by atoms with E-state index in [0.29, 0.717) is 6.04 Å². The number of hydrogen-bond acceptors (Lipinski definition) is 3. The summed E-state index contributed by atoms with van der Waals surface area (Å²) in [5.74, 6) is 1.95. The van der Waals surface area contributed by atoms with Gasteiger partial charge in [-0.2, -0.15) is 0 Å². The van der Waals surface area contributed by atoms with Crippen LogP contribution in [0.15, 0.2) is 0 Å². The van der Waals surface area contributed by atoms with Crippen molar-refractivity contribution >= 4 is 0 Å². The van der Waals surface area contributed by atoms with Crippen LogP contribution in [0.5, 0.6) is 0 Å². The lowest BCUT2D eigenvalue weighted by Gasteiger charge is -2.45. The number of aliphatic hydroxyl groups excluding tert-OH is 1. The summed E-state index contributed by atoms with van der Waals surface area (Å²) in [4.78, 5) is 2.68. The quantitative estimate of drug-likeness (QED) is 0.786. The van der Waals surface area contributed by atoms with E-state index in [1.165, 1.54) is 45.2 Å². The number of hydrogen-bond donors (Lipinski definition) is 2. The minimum Gasteiger partial charge on any atom is -0.394 e. The average Bonchev–Trinajstić information content (AvgIpc) is 2.47. The van der Waals surface area contributed by atoms with E-state index < -0.39 is 0 Å². The lowest BCUT2D eigenvalue weighted by molar-refractivity contribution is 0.0428. The molecule has 3 heteroatoms. The lowest BCUT2D eigenvalue weighted by Crippen LogP contribution is -2.53. The van der Waals surface area contributed by atoms with Crippen molar-refractivity contribution in [2.24, 2.45) is 11.8 Å². The zero-order valence-electron chi connectivity index (χ0n) is 13.7. The van der Waals surface area contributed by atoms with E-state index >= 15 is 0 Å². The molecular weight excluding hydrogens is 248 g/mol. The largest absolute Gasteiger partial charge is 0.394 e. The van der Waals surface area contributed by atoms with Crippen molar-refractivity contribution in [2.75, 3.05) is 26.2 Å². The maximum absolute atomic E-state index is 9.67. The highest BCUT2D eigenvalue weighted by Gasteiger charge is 2.34. The van der Waals surface area contributed by atoms with Crippen LogP contribution >= 0.6 is 0 Å². The van der Waals surface area contributed by atoms with E-state index in [0.717, 1.165) is 24.8 Å². The van der Waals surface area contributed by atoms with E-state index in [1.54, 1.807) is 0 Å². The van der Waals surface area contributed by atoms with E-state index in [1.807, 2.05) is 0 Å². The van der Waals surface area contributed by atoms with Crippen LogP contribution in [0.2, 0.25) is 0 Å². The Balaban J connectivity index is 1.87. The van der Waals surface area contributed by atoms with Gasteiger partial charge in [0.15, 0.2) is 0 Å². The van der Waals surface area contributed by atoms with Gasteiger partial charge in [0, 0.05) is 18.1 Å². The molecule has 3 nitrogen and oxygen atoms in total. The second-order valence-corrected chi connectivity index (χ2v) is 7.39. The van der Waals surface area contributed by atoms with Gasteiger partial charge in [0.1, 0.15) is 0 Å². The van der Waals surface area contributed by atoms with Gasteiger partial charge in [-0.3, -0.25) is 0 Å². The number of nitrogens with zero attached hydrogens (tertiary/aromatic N) is 1. The van der Waals surface area contributed by atoms with E-state index in [-0.39, 0.29) is 12.1 Å². The Morgan fingerprint density at radius 2 is 1.95 bits per heavy atom.